The van der Waals surface area contributed by atoms with Crippen LogP contribution in [-0.4, -0.2) is 63.3 Å². The minimum Gasteiger partial charge on any atom is -0.495 e. The summed E-state index contributed by atoms with van der Waals surface area (Å²) in [7, 11) is 1.66. The quantitative estimate of drug-likeness (QED) is 0.362. The molecule has 6 rings (SSSR count). The van der Waals surface area contributed by atoms with Crippen LogP contribution in [-0.2, 0) is 11.3 Å². The van der Waals surface area contributed by atoms with E-state index in [4.69, 9.17) is 9.72 Å². The van der Waals surface area contributed by atoms with E-state index in [1.54, 1.807) is 7.11 Å². The van der Waals surface area contributed by atoms with Crippen LogP contribution in [0.2, 0.25) is 0 Å². The van der Waals surface area contributed by atoms with Gasteiger partial charge in [0.25, 0.3) is 0 Å². The van der Waals surface area contributed by atoms with Gasteiger partial charge in [0.15, 0.2) is 11.5 Å². The van der Waals surface area contributed by atoms with Crippen LogP contribution in [0, 0.1) is 6.92 Å². The van der Waals surface area contributed by atoms with E-state index in [-0.39, 0.29) is 18.1 Å². The molecule has 1 saturated heterocycles. The average Bonchev–Trinajstić information content (AvgIpc) is 3.42. The molecule has 0 radical (unpaired) electrons. The molecule has 3 aromatic carbocycles. The summed E-state index contributed by atoms with van der Waals surface area (Å²) in [5.74, 6) is 1.19. The predicted molar refractivity (Wildman–Crippen MR) is 147 cm³/mol. The average molecular weight is 509 g/mol. The second-order valence-electron chi connectivity index (χ2n) is 9.46. The molecule has 38 heavy (non-hydrogen) atoms. The maximum atomic E-state index is 13.6. The molecule has 9 nitrogen and oxygen atoms in total. The molecule has 0 atom stereocenters. The van der Waals surface area contributed by atoms with E-state index in [0.717, 1.165) is 28.0 Å². The van der Waals surface area contributed by atoms with Gasteiger partial charge in [-0.2, -0.15) is 4.52 Å². The van der Waals surface area contributed by atoms with Crippen LogP contribution >= 0.6 is 0 Å². The van der Waals surface area contributed by atoms with E-state index < -0.39 is 0 Å². The predicted octanol–water partition coefficient (Wildman–Crippen LogP) is 3.38. The third-order valence-electron chi connectivity index (χ3n) is 7.12. The Morgan fingerprint density at radius 3 is 2.39 bits per heavy atom. The molecule has 192 valence electrons. The molecule has 0 spiro atoms. The van der Waals surface area contributed by atoms with Crippen molar-refractivity contribution in [3.63, 3.8) is 0 Å². The van der Waals surface area contributed by atoms with Gasteiger partial charge in [0.05, 0.1) is 18.3 Å². The van der Waals surface area contributed by atoms with Crippen molar-refractivity contribution < 1.29 is 9.53 Å². The summed E-state index contributed by atoms with van der Waals surface area (Å²) in [4.78, 5) is 35.7. The van der Waals surface area contributed by atoms with Crippen LogP contribution < -0.4 is 15.3 Å². The van der Waals surface area contributed by atoms with E-state index >= 15 is 0 Å². The molecule has 0 unspecified atom stereocenters. The number of hydrogen-bond acceptors (Lipinski definition) is 6. The number of aryl methyl sites for hydroxylation is 1. The number of aromatic nitrogens is 4. The minimum atomic E-state index is -0.384. The lowest BCUT2D eigenvalue weighted by atomic mass is 10.1. The van der Waals surface area contributed by atoms with Gasteiger partial charge < -0.3 is 14.5 Å². The van der Waals surface area contributed by atoms with Crippen molar-refractivity contribution in [3.8, 4) is 17.1 Å². The number of carbonyl (C=O) groups excluding carboxylic acids is 1. The first-order chi connectivity index (χ1) is 18.5. The largest absolute Gasteiger partial charge is 0.495 e. The SMILES string of the molecule is COc1ccccc1N1CCN(C(=O)Cn2c(=O)n3nc(-c4ccc(C)cc4)nc3c3ccccc32)CC1. The Morgan fingerprint density at radius 1 is 0.921 bits per heavy atom. The van der Waals surface area contributed by atoms with Crippen molar-refractivity contribution in [1.82, 2.24) is 24.1 Å². The monoisotopic (exact) mass is 508 g/mol. The molecular weight excluding hydrogens is 480 g/mol. The summed E-state index contributed by atoms with van der Waals surface area (Å²) in [5, 5.41) is 5.30. The van der Waals surface area contributed by atoms with Gasteiger partial charge in [0.1, 0.15) is 12.3 Å². The number of hydrogen-bond donors (Lipinski definition) is 0. The van der Waals surface area contributed by atoms with Gasteiger partial charge in [-0.25, -0.2) is 9.78 Å². The molecule has 2 aromatic heterocycles. The van der Waals surface area contributed by atoms with E-state index in [1.807, 2.05) is 84.6 Å². The lowest BCUT2D eigenvalue weighted by Gasteiger charge is -2.36. The number of piperazine rings is 1. The molecule has 9 heteroatoms. The minimum absolute atomic E-state index is 0.0658. The van der Waals surface area contributed by atoms with Crippen LogP contribution in [0.25, 0.3) is 27.9 Å². The van der Waals surface area contributed by atoms with Crippen molar-refractivity contribution in [2.24, 2.45) is 0 Å². The Bertz CT molecular complexity index is 1700. The highest BCUT2D eigenvalue weighted by atomic mass is 16.5. The summed E-state index contributed by atoms with van der Waals surface area (Å²) in [6.45, 7) is 4.44. The molecule has 1 fully saturated rings. The number of para-hydroxylation sites is 3. The Labute approximate surface area is 219 Å². The van der Waals surface area contributed by atoms with Gasteiger partial charge >= 0.3 is 5.69 Å². The zero-order valence-corrected chi connectivity index (χ0v) is 21.4. The molecule has 1 aliphatic rings. The molecule has 1 aliphatic heterocycles. The number of ether oxygens (including phenoxy) is 1. The molecule has 0 bridgehead atoms. The smallest absolute Gasteiger partial charge is 0.351 e. The fourth-order valence-electron chi connectivity index (χ4n) is 5.04. The van der Waals surface area contributed by atoms with Gasteiger partial charge in [-0.05, 0) is 31.2 Å². The number of amides is 1. The van der Waals surface area contributed by atoms with Crippen molar-refractivity contribution in [1.29, 1.82) is 0 Å². The van der Waals surface area contributed by atoms with Crippen LogP contribution in [0.5, 0.6) is 5.75 Å². The first kappa shape index (κ1) is 23.7. The molecule has 0 saturated carbocycles. The van der Waals surface area contributed by atoms with E-state index in [2.05, 4.69) is 10.00 Å². The van der Waals surface area contributed by atoms with Crippen molar-refractivity contribution in [2.45, 2.75) is 13.5 Å². The summed E-state index contributed by atoms with van der Waals surface area (Å²) in [6.07, 6.45) is 0. The number of carbonyl (C=O) groups is 1. The highest BCUT2D eigenvalue weighted by molar-refractivity contribution is 5.92. The first-order valence-corrected chi connectivity index (χ1v) is 12.6. The third kappa shape index (κ3) is 4.15. The maximum Gasteiger partial charge on any atom is 0.351 e. The summed E-state index contributed by atoms with van der Waals surface area (Å²) in [5.41, 5.74) is 3.74. The molecular formula is C29H28N6O3. The Kier molecular flexibility index (Phi) is 6.03. The fourth-order valence-corrected chi connectivity index (χ4v) is 5.04. The highest BCUT2D eigenvalue weighted by Crippen LogP contribution is 2.28. The number of rotatable bonds is 5. The fraction of sp³-hybridized carbons (Fsp3) is 0.241. The highest BCUT2D eigenvalue weighted by Gasteiger charge is 2.25. The first-order valence-electron chi connectivity index (χ1n) is 12.6. The Balaban J connectivity index is 1.29. The second kappa shape index (κ2) is 9.66. The summed E-state index contributed by atoms with van der Waals surface area (Å²) < 4.78 is 8.32. The third-order valence-corrected chi connectivity index (χ3v) is 7.12. The molecule has 0 N–H and O–H groups in total. The van der Waals surface area contributed by atoms with Crippen LogP contribution in [0.3, 0.4) is 0 Å². The zero-order valence-electron chi connectivity index (χ0n) is 21.4. The Hall–Kier alpha value is -4.66. The molecule has 5 aromatic rings. The Morgan fingerprint density at radius 2 is 1.63 bits per heavy atom. The lowest BCUT2D eigenvalue weighted by molar-refractivity contribution is -0.132. The van der Waals surface area contributed by atoms with Gasteiger partial charge in [-0.1, -0.05) is 54.1 Å². The zero-order chi connectivity index (χ0) is 26.2. The maximum absolute atomic E-state index is 13.6. The van der Waals surface area contributed by atoms with Crippen molar-refractivity contribution in [2.75, 3.05) is 38.2 Å². The van der Waals surface area contributed by atoms with E-state index in [0.29, 0.717) is 43.2 Å². The second-order valence-corrected chi connectivity index (χ2v) is 9.46. The van der Waals surface area contributed by atoms with Crippen LogP contribution in [0.1, 0.15) is 5.56 Å². The van der Waals surface area contributed by atoms with Gasteiger partial charge in [0, 0.05) is 37.1 Å². The standard InChI is InChI=1S/C29H28N6O3/c1-20-11-13-21(14-12-20)27-30-28-22-7-3-4-8-23(22)34(29(37)35(28)31-27)19-26(36)33-17-15-32(16-18-33)24-9-5-6-10-25(24)38-2/h3-14H,15-19H2,1-2H3. The topological polar surface area (TPSA) is 85.0 Å². The van der Waals surface area contributed by atoms with Gasteiger partial charge in [-0.15, -0.1) is 5.10 Å². The van der Waals surface area contributed by atoms with E-state index in [9.17, 15) is 9.59 Å². The number of benzene rings is 3. The van der Waals surface area contributed by atoms with Gasteiger partial charge in [0.2, 0.25) is 5.91 Å². The van der Waals surface area contributed by atoms with E-state index in [1.165, 1.54) is 9.08 Å². The molecule has 3 heterocycles. The normalized spacial score (nSPS) is 13.8. The van der Waals surface area contributed by atoms with Crippen molar-refractivity contribution in [3.05, 3.63) is 88.8 Å². The van der Waals surface area contributed by atoms with Crippen LogP contribution in [0.15, 0.2) is 77.6 Å². The van der Waals surface area contributed by atoms with Crippen LogP contribution in [0.4, 0.5) is 5.69 Å². The summed E-state index contributed by atoms with van der Waals surface area (Å²) in [6, 6.07) is 23.3. The van der Waals surface area contributed by atoms with Crippen molar-refractivity contribution >= 4 is 28.1 Å². The summed E-state index contributed by atoms with van der Waals surface area (Å²) >= 11 is 0. The number of nitrogens with zero attached hydrogens (tertiary/aromatic N) is 6. The number of anilines is 1. The van der Waals surface area contributed by atoms with Gasteiger partial charge in [-0.3, -0.25) is 9.36 Å². The number of methoxy groups -OCH3 is 1. The number of fused-ring (bicyclic) bond motifs is 3. The molecule has 0 aliphatic carbocycles. The lowest BCUT2D eigenvalue weighted by Crippen LogP contribution is -2.50. The molecule has 1 amide bonds.